The number of aromatic nitrogens is 3. The minimum Gasteiger partial charge on any atom is -0.353 e. The third-order valence-electron chi connectivity index (χ3n) is 2.80. The fourth-order valence-corrected chi connectivity index (χ4v) is 1.74. The van der Waals surface area contributed by atoms with Crippen LogP contribution in [0.3, 0.4) is 0 Å². The van der Waals surface area contributed by atoms with Gasteiger partial charge in [0.2, 0.25) is 5.91 Å². The first kappa shape index (κ1) is 14.1. The van der Waals surface area contributed by atoms with E-state index in [1.54, 1.807) is 24.3 Å². The van der Waals surface area contributed by atoms with Crippen molar-refractivity contribution in [2.24, 2.45) is 0 Å². The van der Waals surface area contributed by atoms with Crippen LogP contribution in [0.25, 0.3) is 10.9 Å². The highest BCUT2D eigenvalue weighted by atomic mass is 16.2. The Labute approximate surface area is 116 Å². The lowest BCUT2D eigenvalue weighted by Gasteiger charge is -2.10. The molecule has 7 nitrogen and oxygen atoms in total. The second kappa shape index (κ2) is 6.25. The predicted octanol–water partition coefficient (Wildman–Crippen LogP) is -0.531. The van der Waals surface area contributed by atoms with Gasteiger partial charge in [-0.1, -0.05) is 17.3 Å². The highest BCUT2D eigenvalue weighted by molar-refractivity contribution is 5.78. The van der Waals surface area contributed by atoms with Crippen LogP contribution in [-0.4, -0.2) is 53.0 Å². The Bertz CT molecular complexity index is 665. The molecule has 0 fully saturated rings. The van der Waals surface area contributed by atoms with Gasteiger partial charge in [-0.2, -0.15) is 0 Å². The van der Waals surface area contributed by atoms with E-state index in [4.69, 9.17) is 0 Å². The molecule has 0 atom stereocenters. The monoisotopic (exact) mass is 275 g/mol. The average molecular weight is 275 g/mol. The number of nitrogens with one attached hydrogen (secondary N) is 1. The quantitative estimate of drug-likeness (QED) is 0.793. The van der Waals surface area contributed by atoms with Crippen molar-refractivity contribution in [3.05, 3.63) is 34.6 Å². The summed E-state index contributed by atoms with van der Waals surface area (Å²) in [7, 11) is 3.84. The smallest absolute Gasteiger partial charge is 0.278 e. The summed E-state index contributed by atoms with van der Waals surface area (Å²) in [4.78, 5) is 25.8. The summed E-state index contributed by atoms with van der Waals surface area (Å²) in [6.45, 7) is 1.15. The molecule has 1 amide bonds. The maximum atomic E-state index is 12.1. The molecule has 1 aromatic carbocycles. The molecule has 0 spiro atoms. The van der Waals surface area contributed by atoms with Crippen LogP contribution >= 0.6 is 0 Å². The highest BCUT2D eigenvalue weighted by Crippen LogP contribution is 2.02. The fraction of sp³-hybridized carbons (Fsp3) is 0.385. The lowest BCUT2D eigenvalue weighted by atomic mass is 10.2. The standard InChI is InChI=1S/C13H17N5O2/c1-17(2)8-7-14-12(19)9-18-13(20)10-5-3-4-6-11(10)15-16-18/h3-6H,7-9H2,1-2H3,(H,14,19). The zero-order chi connectivity index (χ0) is 14.5. The van der Waals surface area contributed by atoms with E-state index in [-0.39, 0.29) is 18.0 Å². The largest absolute Gasteiger partial charge is 0.353 e. The molecule has 1 N–H and O–H groups in total. The van der Waals surface area contributed by atoms with E-state index in [2.05, 4.69) is 15.6 Å². The second-order valence-corrected chi connectivity index (χ2v) is 4.72. The van der Waals surface area contributed by atoms with Crippen LogP contribution in [0.1, 0.15) is 0 Å². The molecule has 0 saturated heterocycles. The van der Waals surface area contributed by atoms with E-state index >= 15 is 0 Å². The number of nitrogens with zero attached hydrogens (tertiary/aromatic N) is 4. The van der Waals surface area contributed by atoms with Crippen molar-refractivity contribution in [3.63, 3.8) is 0 Å². The van der Waals surface area contributed by atoms with Gasteiger partial charge in [0.05, 0.1) is 5.39 Å². The lowest BCUT2D eigenvalue weighted by Crippen LogP contribution is -2.37. The van der Waals surface area contributed by atoms with Gasteiger partial charge in [0.15, 0.2) is 0 Å². The minimum absolute atomic E-state index is 0.121. The Morgan fingerprint density at radius 1 is 1.35 bits per heavy atom. The first-order chi connectivity index (χ1) is 9.58. The Balaban J connectivity index is 2.08. The summed E-state index contributed by atoms with van der Waals surface area (Å²) in [5, 5.41) is 10.9. The van der Waals surface area contributed by atoms with E-state index < -0.39 is 0 Å². The topological polar surface area (TPSA) is 80.1 Å². The maximum absolute atomic E-state index is 12.1. The molecule has 0 radical (unpaired) electrons. The lowest BCUT2D eigenvalue weighted by molar-refractivity contribution is -0.121. The maximum Gasteiger partial charge on any atom is 0.278 e. The Morgan fingerprint density at radius 3 is 2.85 bits per heavy atom. The fourth-order valence-electron chi connectivity index (χ4n) is 1.74. The average Bonchev–Trinajstić information content (AvgIpc) is 2.42. The summed E-state index contributed by atoms with van der Waals surface area (Å²) in [6, 6.07) is 6.93. The van der Waals surface area contributed by atoms with E-state index in [0.29, 0.717) is 17.4 Å². The molecule has 7 heteroatoms. The van der Waals surface area contributed by atoms with Crippen LogP contribution in [0, 0.1) is 0 Å². The molecule has 0 bridgehead atoms. The van der Waals surface area contributed by atoms with Crippen LogP contribution in [-0.2, 0) is 11.3 Å². The van der Waals surface area contributed by atoms with Gasteiger partial charge in [0.25, 0.3) is 5.56 Å². The number of amides is 1. The van der Waals surface area contributed by atoms with E-state index in [1.165, 1.54) is 0 Å². The number of carbonyl (C=O) groups is 1. The van der Waals surface area contributed by atoms with Crippen LogP contribution in [0.2, 0.25) is 0 Å². The molecule has 0 aliphatic carbocycles. The van der Waals surface area contributed by atoms with Gasteiger partial charge in [-0.3, -0.25) is 9.59 Å². The number of benzene rings is 1. The molecule has 0 aliphatic rings. The first-order valence-electron chi connectivity index (χ1n) is 6.32. The van der Waals surface area contributed by atoms with Gasteiger partial charge in [-0.15, -0.1) is 5.10 Å². The van der Waals surface area contributed by atoms with Gasteiger partial charge >= 0.3 is 0 Å². The zero-order valence-corrected chi connectivity index (χ0v) is 11.5. The number of rotatable bonds is 5. The molecule has 0 unspecified atom stereocenters. The normalized spacial score (nSPS) is 10.9. The number of hydrogen-bond donors (Lipinski definition) is 1. The third kappa shape index (κ3) is 3.39. The second-order valence-electron chi connectivity index (χ2n) is 4.72. The molecule has 106 valence electrons. The molecule has 0 saturated carbocycles. The number of hydrogen-bond acceptors (Lipinski definition) is 5. The number of carbonyl (C=O) groups excluding carboxylic acids is 1. The van der Waals surface area contributed by atoms with E-state index in [0.717, 1.165) is 11.2 Å². The van der Waals surface area contributed by atoms with Crippen molar-refractivity contribution in [3.8, 4) is 0 Å². The van der Waals surface area contributed by atoms with E-state index in [9.17, 15) is 9.59 Å². The van der Waals surface area contributed by atoms with Gasteiger partial charge in [0.1, 0.15) is 12.1 Å². The van der Waals surface area contributed by atoms with Crippen molar-refractivity contribution in [2.45, 2.75) is 6.54 Å². The molecule has 1 aromatic heterocycles. The van der Waals surface area contributed by atoms with Gasteiger partial charge < -0.3 is 10.2 Å². The van der Waals surface area contributed by atoms with Crippen LogP contribution in [0.5, 0.6) is 0 Å². The van der Waals surface area contributed by atoms with Gasteiger partial charge in [-0.25, -0.2) is 4.68 Å². The molecule has 1 heterocycles. The molecule has 2 rings (SSSR count). The van der Waals surface area contributed by atoms with Crippen molar-refractivity contribution in [2.75, 3.05) is 27.2 Å². The zero-order valence-electron chi connectivity index (χ0n) is 11.5. The first-order valence-corrected chi connectivity index (χ1v) is 6.32. The summed E-state index contributed by atoms with van der Waals surface area (Å²) in [5.41, 5.74) is 0.222. The van der Waals surface area contributed by atoms with Gasteiger partial charge in [0, 0.05) is 13.1 Å². The van der Waals surface area contributed by atoms with Crippen molar-refractivity contribution >= 4 is 16.8 Å². The Morgan fingerprint density at radius 2 is 2.10 bits per heavy atom. The minimum atomic E-state index is -0.307. The Hall–Kier alpha value is -2.28. The van der Waals surface area contributed by atoms with Crippen LogP contribution < -0.4 is 10.9 Å². The summed E-state index contributed by atoms with van der Waals surface area (Å²) < 4.78 is 1.08. The van der Waals surface area contributed by atoms with E-state index in [1.807, 2.05) is 19.0 Å². The molecule has 20 heavy (non-hydrogen) atoms. The van der Waals surface area contributed by atoms with Crippen molar-refractivity contribution in [1.29, 1.82) is 0 Å². The molecular formula is C13H17N5O2. The van der Waals surface area contributed by atoms with Crippen molar-refractivity contribution < 1.29 is 4.79 Å². The summed E-state index contributed by atoms with van der Waals surface area (Å²) in [6.07, 6.45) is 0. The summed E-state index contributed by atoms with van der Waals surface area (Å²) >= 11 is 0. The van der Waals surface area contributed by atoms with Crippen LogP contribution in [0.15, 0.2) is 29.1 Å². The number of likely N-dealkylation sites (N-methyl/N-ethyl adjacent to an activating group) is 1. The molecule has 2 aromatic rings. The SMILES string of the molecule is CN(C)CCNC(=O)Cn1nnc2ccccc2c1=O. The van der Waals surface area contributed by atoms with Crippen LogP contribution in [0.4, 0.5) is 0 Å². The predicted molar refractivity (Wildman–Crippen MR) is 75.4 cm³/mol. The molecular weight excluding hydrogens is 258 g/mol. The summed E-state index contributed by atoms with van der Waals surface area (Å²) in [5.74, 6) is -0.251. The van der Waals surface area contributed by atoms with Gasteiger partial charge in [-0.05, 0) is 26.2 Å². The number of fused-ring (bicyclic) bond motifs is 1. The Kier molecular flexibility index (Phi) is 4.41. The highest BCUT2D eigenvalue weighted by Gasteiger charge is 2.08. The third-order valence-corrected chi connectivity index (χ3v) is 2.80. The van der Waals surface area contributed by atoms with Crippen molar-refractivity contribution in [1.82, 2.24) is 25.2 Å². The molecule has 0 aliphatic heterocycles.